The van der Waals surface area contributed by atoms with Crippen LogP contribution >= 0.6 is 15.9 Å². The molecule has 0 aliphatic heterocycles. The van der Waals surface area contributed by atoms with Crippen LogP contribution in [0.25, 0.3) is 11.2 Å². The summed E-state index contributed by atoms with van der Waals surface area (Å²) in [4.78, 5) is 31.8. The second-order valence-electron chi connectivity index (χ2n) is 9.52. The number of aromatic nitrogens is 4. The van der Waals surface area contributed by atoms with Gasteiger partial charge in [-0.3, -0.25) is 18.5 Å². The molecule has 36 heavy (non-hydrogen) atoms. The Morgan fingerprint density at radius 3 is 2.50 bits per heavy atom. The molecule has 0 spiro atoms. The highest BCUT2D eigenvalue weighted by Gasteiger charge is 2.26. The summed E-state index contributed by atoms with van der Waals surface area (Å²) in [6.45, 7) is 0.719. The molecule has 2 atom stereocenters. The van der Waals surface area contributed by atoms with Gasteiger partial charge in [-0.15, -0.1) is 0 Å². The molecule has 2 aromatic carbocycles. The Bertz CT molecular complexity index is 1490. The third-order valence-corrected chi connectivity index (χ3v) is 7.89. The van der Waals surface area contributed by atoms with Gasteiger partial charge in [0.15, 0.2) is 11.2 Å². The lowest BCUT2D eigenvalue weighted by molar-refractivity contribution is 0.401. The number of benzene rings is 2. The monoisotopic (exact) mass is 550 g/mol. The summed E-state index contributed by atoms with van der Waals surface area (Å²) >= 11 is 3.64. The maximum Gasteiger partial charge on any atom is 0.332 e. The SMILES string of the molecule is Cn1c(=O)n(CCc2ccccc2)c(=O)c2c1nc(N[C@H]1CCCC[C@H]1N)n2Cc1ccccc1Br. The van der Waals surface area contributed by atoms with Crippen molar-refractivity contribution < 1.29 is 0 Å². The van der Waals surface area contributed by atoms with E-state index in [4.69, 9.17) is 10.7 Å². The highest BCUT2D eigenvalue weighted by molar-refractivity contribution is 9.10. The number of nitrogens with zero attached hydrogens (tertiary/aromatic N) is 4. The molecule has 0 amide bonds. The zero-order chi connectivity index (χ0) is 25.2. The Kier molecular flexibility index (Phi) is 7.11. The Hall–Kier alpha value is -3.17. The van der Waals surface area contributed by atoms with Gasteiger partial charge in [-0.1, -0.05) is 77.3 Å². The van der Waals surface area contributed by atoms with E-state index < -0.39 is 0 Å². The quantitative estimate of drug-likeness (QED) is 0.366. The standard InChI is InChI=1S/C27H31BrN6O2/c1-32-24-23(25(35)33(27(32)36)16-15-18-9-3-2-4-10-18)34(17-19-11-5-6-12-20(19)28)26(31-24)30-22-14-8-7-13-21(22)29/h2-6,9-12,21-22H,7-8,13-17,29H2,1H3,(H,30,31)/t21-,22+/m1/s1. The molecule has 2 aromatic heterocycles. The topological polar surface area (TPSA) is 99.9 Å². The highest BCUT2D eigenvalue weighted by Crippen LogP contribution is 2.25. The number of hydrogen-bond donors (Lipinski definition) is 2. The number of aryl methyl sites for hydroxylation is 2. The van der Waals surface area contributed by atoms with Crippen LogP contribution in [0.5, 0.6) is 0 Å². The van der Waals surface area contributed by atoms with Crippen LogP contribution in [0.1, 0.15) is 36.8 Å². The van der Waals surface area contributed by atoms with Crippen LogP contribution in [0.3, 0.4) is 0 Å². The fourth-order valence-electron chi connectivity index (χ4n) is 5.02. The third kappa shape index (κ3) is 4.77. The largest absolute Gasteiger partial charge is 0.351 e. The van der Waals surface area contributed by atoms with E-state index >= 15 is 0 Å². The minimum absolute atomic E-state index is 0.0156. The molecule has 1 fully saturated rings. The van der Waals surface area contributed by atoms with E-state index in [1.54, 1.807) is 7.05 Å². The Labute approximate surface area is 217 Å². The zero-order valence-corrected chi connectivity index (χ0v) is 21.9. The average Bonchev–Trinajstić information content (AvgIpc) is 3.24. The number of halogens is 1. The van der Waals surface area contributed by atoms with Crippen LogP contribution in [0.2, 0.25) is 0 Å². The van der Waals surface area contributed by atoms with E-state index in [2.05, 4.69) is 21.2 Å². The summed E-state index contributed by atoms with van der Waals surface area (Å²) in [5.74, 6) is 0.566. The first-order chi connectivity index (χ1) is 17.4. The molecule has 3 N–H and O–H groups in total. The lowest BCUT2D eigenvalue weighted by Crippen LogP contribution is -2.43. The van der Waals surface area contributed by atoms with Gasteiger partial charge in [-0.05, 0) is 36.5 Å². The predicted octanol–water partition coefficient (Wildman–Crippen LogP) is 3.63. The molecule has 188 valence electrons. The van der Waals surface area contributed by atoms with Crippen LogP contribution in [0, 0.1) is 0 Å². The first kappa shape index (κ1) is 24.5. The van der Waals surface area contributed by atoms with Crippen LogP contribution < -0.4 is 22.3 Å². The molecule has 0 saturated heterocycles. The van der Waals surface area contributed by atoms with E-state index in [9.17, 15) is 9.59 Å². The van der Waals surface area contributed by atoms with Crippen molar-refractivity contribution in [1.82, 2.24) is 18.7 Å². The Morgan fingerprint density at radius 2 is 1.75 bits per heavy atom. The number of rotatable bonds is 7. The number of nitrogens with two attached hydrogens (primary N) is 1. The fourth-order valence-corrected chi connectivity index (χ4v) is 5.43. The van der Waals surface area contributed by atoms with Crippen molar-refractivity contribution in [3.05, 3.63) is 91.0 Å². The predicted molar refractivity (Wildman–Crippen MR) is 146 cm³/mol. The van der Waals surface area contributed by atoms with Crippen molar-refractivity contribution in [1.29, 1.82) is 0 Å². The summed E-state index contributed by atoms with van der Waals surface area (Å²) in [5, 5.41) is 3.53. The van der Waals surface area contributed by atoms with Gasteiger partial charge >= 0.3 is 5.69 Å². The maximum atomic E-state index is 13.8. The molecule has 9 heteroatoms. The molecular formula is C27H31BrN6O2. The molecule has 1 saturated carbocycles. The Balaban J connectivity index is 1.63. The number of fused-ring (bicyclic) bond motifs is 1. The minimum atomic E-state index is -0.366. The molecule has 5 rings (SSSR count). The third-order valence-electron chi connectivity index (χ3n) is 7.12. The number of hydrogen-bond acceptors (Lipinski definition) is 5. The van der Waals surface area contributed by atoms with Gasteiger partial charge in [-0.25, -0.2) is 4.79 Å². The van der Waals surface area contributed by atoms with E-state index in [1.165, 1.54) is 9.13 Å². The van der Waals surface area contributed by atoms with Gasteiger partial charge in [-0.2, -0.15) is 4.98 Å². The van der Waals surface area contributed by atoms with Gasteiger partial charge in [0.05, 0.1) is 6.54 Å². The molecule has 0 radical (unpaired) electrons. The number of nitrogens with one attached hydrogen (secondary N) is 1. The number of imidazole rings is 1. The van der Waals surface area contributed by atoms with Gasteiger partial charge in [0, 0.05) is 30.1 Å². The smallest absolute Gasteiger partial charge is 0.332 e. The molecule has 0 bridgehead atoms. The maximum absolute atomic E-state index is 13.8. The minimum Gasteiger partial charge on any atom is -0.351 e. The van der Waals surface area contributed by atoms with Crippen LogP contribution in [-0.2, 0) is 26.6 Å². The van der Waals surface area contributed by atoms with Crippen LogP contribution in [0.15, 0.2) is 68.7 Å². The molecule has 1 aliphatic carbocycles. The molecule has 4 aromatic rings. The molecular weight excluding hydrogens is 520 g/mol. The van der Waals surface area contributed by atoms with Gasteiger partial charge in [0.2, 0.25) is 5.95 Å². The van der Waals surface area contributed by atoms with Gasteiger partial charge < -0.3 is 11.1 Å². The molecule has 8 nitrogen and oxygen atoms in total. The zero-order valence-electron chi connectivity index (χ0n) is 20.4. The van der Waals surface area contributed by atoms with Gasteiger partial charge in [0.1, 0.15) is 0 Å². The molecule has 1 aliphatic rings. The summed E-state index contributed by atoms with van der Waals surface area (Å²) in [5.41, 5.74) is 8.59. The van der Waals surface area contributed by atoms with Crippen molar-refractivity contribution in [2.24, 2.45) is 12.8 Å². The average molecular weight is 551 g/mol. The van der Waals surface area contributed by atoms with Gasteiger partial charge in [0.25, 0.3) is 5.56 Å². The summed E-state index contributed by atoms with van der Waals surface area (Å²) in [6.07, 6.45) is 4.70. The first-order valence-electron chi connectivity index (χ1n) is 12.4. The Morgan fingerprint density at radius 1 is 1.03 bits per heavy atom. The molecule has 0 unspecified atom stereocenters. The van der Waals surface area contributed by atoms with E-state index in [-0.39, 0.29) is 23.3 Å². The second-order valence-corrected chi connectivity index (χ2v) is 10.4. The van der Waals surface area contributed by atoms with Crippen LogP contribution in [0.4, 0.5) is 5.95 Å². The summed E-state index contributed by atoms with van der Waals surface area (Å²) in [6, 6.07) is 17.9. The first-order valence-corrected chi connectivity index (χ1v) is 13.2. The molecule has 2 heterocycles. The van der Waals surface area contributed by atoms with Crippen molar-refractivity contribution in [3.63, 3.8) is 0 Å². The number of anilines is 1. The fraction of sp³-hybridized carbons (Fsp3) is 0.370. The summed E-state index contributed by atoms with van der Waals surface area (Å²) in [7, 11) is 1.68. The van der Waals surface area contributed by atoms with E-state index in [0.717, 1.165) is 41.3 Å². The van der Waals surface area contributed by atoms with E-state index in [0.29, 0.717) is 36.6 Å². The van der Waals surface area contributed by atoms with Crippen molar-refractivity contribution in [2.45, 2.75) is 57.3 Å². The lowest BCUT2D eigenvalue weighted by atomic mass is 9.91. The van der Waals surface area contributed by atoms with Crippen molar-refractivity contribution in [2.75, 3.05) is 5.32 Å². The van der Waals surface area contributed by atoms with Crippen LogP contribution in [-0.4, -0.2) is 30.8 Å². The van der Waals surface area contributed by atoms with E-state index in [1.807, 2.05) is 59.2 Å². The van der Waals surface area contributed by atoms with Crippen molar-refractivity contribution in [3.8, 4) is 0 Å². The highest BCUT2D eigenvalue weighted by atomic mass is 79.9. The normalized spacial score (nSPS) is 18.0. The van der Waals surface area contributed by atoms with Crippen molar-refractivity contribution >= 4 is 33.0 Å². The lowest BCUT2D eigenvalue weighted by Gasteiger charge is -2.29. The summed E-state index contributed by atoms with van der Waals surface area (Å²) < 4.78 is 5.65. The second kappa shape index (κ2) is 10.4.